The molecule has 19 heavy (non-hydrogen) atoms. The summed E-state index contributed by atoms with van der Waals surface area (Å²) in [5.41, 5.74) is 0.387. The van der Waals surface area contributed by atoms with Gasteiger partial charge in [0, 0.05) is 0 Å². The lowest BCUT2D eigenvalue weighted by atomic mass is 10.0. The van der Waals surface area contributed by atoms with Crippen molar-refractivity contribution in [3.63, 3.8) is 0 Å². The van der Waals surface area contributed by atoms with Crippen molar-refractivity contribution in [2.24, 2.45) is 0 Å². The van der Waals surface area contributed by atoms with E-state index < -0.39 is 5.54 Å². The van der Waals surface area contributed by atoms with E-state index >= 15 is 0 Å². The van der Waals surface area contributed by atoms with E-state index in [2.05, 4.69) is 17.3 Å². The molecular weight excluding hydrogens is 234 g/mol. The summed E-state index contributed by atoms with van der Waals surface area (Å²) in [7, 11) is 0. The van der Waals surface area contributed by atoms with Crippen molar-refractivity contribution in [1.29, 1.82) is 0 Å². The number of fused-ring (bicyclic) bond motifs is 1. The Kier molecular flexibility index (Phi) is 3.57. The molecule has 2 heteroatoms. The average molecular weight is 251 g/mol. The summed E-state index contributed by atoms with van der Waals surface area (Å²) in [4.78, 5) is 11.9. The summed E-state index contributed by atoms with van der Waals surface area (Å²) in [5.74, 6) is 2.50. The Balaban J connectivity index is 2.14. The number of hydrogen-bond acceptors (Lipinski definition) is 1. The summed E-state index contributed by atoms with van der Waals surface area (Å²) in [6.07, 6.45) is 5.70. The molecule has 0 unspecified atom stereocenters. The average Bonchev–Trinajstić information content (AvgIpc) is 2.38. The lowest BCUT2D eigenvalue weighted by molar-refractivity contribution is -0.121. The number of benzene rings is 2. The molecule has 0 aliphatic carbocycles. The van der Waals surface area contributed by atoms with E-state index in [1.54, 1.807) is 0 Å². The van der Waals surface area contributed by atoms with Gasteiger partial charge in [-0.3, -0.25) is 4.79 Å². The van der Waals surface area contributed by atoms with Crippen LogP contribution in [0.4, 0.5) is 0 Å². The van der Waals surface area contributed by atoms with Crippen LogP contribution in [0.15, 0.2) is 42.5 Å². The van der Waals surface area contributed by atoms with Crippen molar-refractivity contribution in [2.45, 2.75) is 25.8 Å². The monoisotopic (exact) mass is 251 g/mol. The van der Waals surface area contributed by atoms with Crippen LogP contribution in [0.5, 0.6) is 0 Å². The second-order valence-electron chi connectivity index (χ2n) is 5.18. The van der Waals surface area contributed by atoms with Gasteiger partial charge in [-0.2, -0.15) is 0 Å². The molecule has 0 aliphatic rings. The minimum atomic E-state index is -0.603. The predicted molar refractivity (Wildman–Crippen MR) is 78.7 cm³/mol. The van der Waals surface area contributed by atoms with Crippen molar-refractivity contribution < 1.29 is 4.79 Å². The minimum absolute atomic E-state index is 0.0572. The fourth-order valence-corrected chi connectivity index (χ4v) is 1.96. The van der Waals surface area contributed by atoms with Crippen molar-refractivity contribution in [2.75, 3.05) is 0 Å². The topological polar surface area (TPSA) is 29.1 Å². The van der Waals surface area contributed by atoms with Gasteiger partial charge in [-0.15, -0.1) is 6.42 Å². The molecule has 2 aromatic rings. The molecule has 1 amide bonds. The van der Waals surface area contributed by atoms with E-state index in [0.29, 0.717) is 6.42 Å². The SMILES string of the molecule is C#CC(C)(C)NC(=O)Cc1ccc2ccccc2c1. The zero-order valence-electron chi connectivity index (χ0n) is 11.2. The first-order chi connectivity index (χ1) is 9.00. The highest BCUT2D eigenvalue weighted by Gasteiger charge is 2.16. The van der Waals surface area contributed by atoms with Crippen LogP contribution in [-0.4, -0.2) is 11.4 Å². The van der Waals surface area contributed by atoms with Crippen LogP contribution in [0.25, 0.3) is 10.8 Å². The van der Waals surface area contributed by atoms with Gasteiger partial charge < -0.3 is 5.32 Å². The van der Waals surface area contributed by atoms with Gasteiger partial charge in [-0.25, -0.2) is 0 Å². The molecule has 0 saturated heterocycles. The number of rotatable bonds is 3. The summed E-state index contributed by atoms with van der Waals surface area (Å²) in [6, 6.07) is 14.1. The Hall–Kier alpha value is -2.27. The van der Waals surface area contributed by atoms with Crippen LogP contribution in [-0.2, 0) is 11.2 Å². The first kappa shape index (κ1) is 13.2. The van der Waals surface area contributed by atoms with Crippen LogP contribution in [0.3, 0.4) is 0 Å². The highest BCUT2D eigenvalue weighted by molar-refractivity contribution is 5.85. The molecule has 0 aliphatic heterocycles. The van der Waals surface area contributed by atoms with Gasteiger partial charge in [0.25, 0.3) is 0 Å². The van der Waals surface area contributed by atoms with Crippen molar-refractivity contribution in [3.8, 4) is 12.3 Å². The maximum Gasteiger partial charge on any atom is 0.225 e. The minimum Gasteiger partial charge on any atom is -0.340 e. The summed E-state index contributed by atoms with van der Waals surface area (Å²) in [5, 5.41) is 5.15. The van der Waals surface area contributed by atoms with Crippen molar-refractivity contribution in [1.82, 2.24) is 5.32 Å². The first-order valence-corrected chi connectivity index (χ1v) is 6.27. The molecule has 0 bridgehead atoms. The normalized spacial score (nSPS) is 11.0. The van der Waals surface area contributed by atoms with E-state index in [1.165, 1.54) is 5.39 Å². The number of terminal acetylenes is 1. The van der Waals surface area contributed by atoms with Crippen molar-refractivity contribution in [3.05, 3.63) is 48.0 Å². The molecule has 96 valence electrons. The molecule has 0 atom stereocenters. The molecule has 0 radical (unpaired) electrons. The fourth-order valence-electron chi connectivity index (χ4n) is 1.96. The number of carbonyl (C=O) groups excluding carboxylic acids is 1. The number of amides is 1. The van der Waals surface area contributed by atoms with E-state index in [9.17, 15) is 4.79 Å². The Bertz CT molecular complexity index is 650. The van der Waals surface area contributed by atoms with Gasteiger partial charge in [-0.05, 0) is 30.2 Å². The molecule has 0 heterocycles. The Labute approximate surface area is 113 Å². The van der Waals surface area contributed by atoms with E-state index in [4.69, 9.17) is 6.42 Å². The molecule has 1 N–H and O–H groups in total. The first-order valence-electron chi connectivity index (χ1n) is 6.27. The number of nitrogens with one attached hydrogen (secondary N) is 1. The Morgan fingerprint density at radius 2 is 1.89 bits per heavy atom. The highest BCUT2D eigenvalue weighted by atomic mass is 16.1. The molecule has 2 nitrogen and oxygen atoms in total. The van der Waals surface area contributed by atoms with Gasteiger partial charge >= 0.3 is 0 Å². The lowest BCUT2D eigenvalue weighted by Crippen LogP contribution is -2.42. The van der Waals surface area contributed by atoms with Gasteiger partial charge in [0.05, 0.1) is 12.0 Å². The van der Waals surface area contributed by atoms with Crippen LogP contribution < -0.4 is 5.32 Å². The third-order valence-corrected chi connectivity index (χ3v) is 2.99. The zero-order valence-corrected chi connectivity index (χ0v) is 11.2. The van der Waals surface area contributed by atoms with Gasteiger partial charge in [0.1, 0.15) is 0 Å². The van der Waals surface area contributed by atoms with Crippen molar-refractivity contribution >= 4 is 16.7 Å². The predicted octanol–water partition coefficient (Wildman–Crippen LogP) is 2.91. The lowest BCUT2D eigenvalue weighted by Gasteiger charge is -2.19. The molecular formula is C17H17NO. The standard InChI is InChI=1S/C17H17NO/c1-4-17(2,3)18-16(19)12-13-9-10-14-7-5-6-8-15(14)11-13/h1,5-11H,12H2,2-3H3,(H,18,19). The Morgan fingerprint density at radius 1 is 1.21 bits per heavy atom. The number of hydrogen-bond donors (Lipinski definition) is 1. The molecule has 0 fully saturated rings. The van der Waals surface area contributed by atoms with E-state index in [1.807, 2.05) is 50.2 Å². The van der Waals surface area contributed by atoms with Gasteiger partial charge in [0.2, 0.25) is 5.91 Å². The van der Waals surface area contributed by atoms with Crippen LogP contribution in [0.2, 0.25) is 0 Å². The maximum atomic E-state index is 11.9. The second kappa shape index (κ2) is 5.16. The highest BCUT2D eigenvalue weighted by Crippen LogP contribution is 2.16. The Morgan fingerprint density at radius 3 is 2.58 bits per heavy atom. The third kappa shape index (κ3) is 3.35. The van der Waals surface area contributed by atoms with Crippen LogP contribution in [0.1, 0.15) is 19.4 Å². The van der Waals surface area contributed by atoms with E-state index in [0.717, 1.165) is 10.9 Å². The second-order valence-corrected chi connectivity index (χ2v) is 5.18. The summed E-state index contributed by atoms with van der Waals surface area (Å²) in [6.45, 7) is 3.62. The quantitative estimate of drug-likeness (QED) is 0.835. The van der Waals surface area contributed by atoms with E-state index in [-0.39, 0.29) is 5.91 Å². The number of carbonyl (C=O) groups is 1. The smallest absolute Gasteiger partial charge is 0.225 e. The molecule has 2 aromatic carbocycles. The summed E-state index contributed by atoms with van der Waals surface area (Å²) >= 11 is 0. The van der Waals surface area contributed by atoms with Gasteiger partial charge in [-0.1, -0.05) is 48.4 Å². The molecule has 2 rings (SSSR count). The molecule has 0 saturated carbocycles. The molecule has 0 spiro atoms. The van der Waals surface area contributed by atoms with Gasteiger partial charge in [0.15, 0.2) is 0 Å². The fraction of sp³-hybridized carbons (Fsp3) is 0.235. The molecule has 0 aromatic heterocycles. The zero-order chi connectivity index (χ0) is 13.9. The third-order valence-electron chi connectivity index (χ3n) is 2.99. The van der Waals surface area contributed by atoms with Crippen LogP contribution >= 0.6 is 0 Å². The largest absolute Gasteiger partial charge is 0.340 e. The maximum absolute atomic E-state index is 11.9. The van der Waals surface area contributed by atoms with Crippen LogP contribution in [0, 0.1) is 12.3 Å². The summed E-state index contributed by atoms with van der Waals surface area (Å²) < 4.78 is 0.